The van der Waals surface area contributed by atoms with Crippen molar-refractivity contribution >= 4 is 11.9 Å². The lowest BCUT2D eigenvalue weighted by Gasteiger charge is -2.40. The van der Waals surface area contributed by atoms with E-state index in [-0.39, 0.29) is 5.91 Å². The normalized spacial score (nSPS) is 20.1. The van der Waals surface area contributed by atoms with Crippen LogP contribution < -0.4 is 10.6 Å². The van der Waals surface area contributed by atoms with Crippen LogP contribution in [0.15, 0.2) is 0 Å². The predicted octanol–water partition coefficient (Wildman–Crippen LogP) is 0.108. The number of carboxylic acids is 1. The number of carbonyl (C=O) groups is 2. The third kappa shape index (κ3) is 2.47. The Hall–Kier alpha value is -1.10. The maximum atomic E-state index is 11.4. The summed E-state index contributed by atoms with van der Waals surface area (Å²) in [6.45, 7) is 4.08. The molecule has 0 spiro atoms. The zero-order chi connectivity index (χ0) is 11.5. The molecule has 86 valence electrons. The summed E-state index contributed by atoms with van der Waals surface area (Å²) in [6, 6.07) is -0.457. The smallest absolute Gasteiger partial charge is 0.323 e. The molecule has 15 heavy (non-hydrogen) atoms. The van der Waals surface area contributed by atoms with E-state index in [9.17, 15) is 9.59 Å². The fourth-order valence-corrected chi connectivity index (χ4v) is 1.76. The first-order valence-corrected chi connectivity index (χ1v) is 5.30. The van der Waals surface area contributed by atoms with Crippen molar-refractivity contribution in [3.8, 4) is 0 Å². The lowest BCUT2D eigenvalue weighted by Crippen LogP contribution is -2.62. The minimum absolute atomic E-state index is 0.148. The molecule has 0 aromatic carbocycles. The Morgan fingerprint density at radius 2 is 2.07 bits per heavy atom. The van der Waals surface area contributed by atoms with Crippen LogP contribution in [-0.4, -0.2) is 35.1 Å². The van der Waals surface area contributed by atoms with Crippen LogP contribution >= 0.6 is 0 Å². The number of carbonyl (C=O) groups excluding carboxylic acids is 1. The molecule has 0 aliphatic heterocycles. The van der Waals surface area contributed by atoms with Gasteiger partial charge in [-0.2, -0.15) is 0 Å². The monoisotopic (exact) mass is 214 g/mol. The molecule has 1 unspecified atom stereocenters. The van der Waals surface area contributed by atoms with Gasteiger partial charge in [0.2, 0.25) is 5.91 Å². The number of likely N-dealkylation sites (N-methyl/N-ethyl adjacent to an activating group) is 1. The average molecular weight is 214 g/mol. The number of hydrogen-bond acceptors (Lipinski definition) is 3. The number of carboxylic acid groups (broad SMARTS) is 1. The molecule has 0 heterocycles. The van der Waals surface area contributed by atoms with Crippen LogP contribution in [0.25, 0.3) is 0 Å². The number of nitrogens with one attached hydrogen (secondary N) is 2. The maximum absolute atomic E-state index is 11.4. The summed E-state index contributed by atoms with van der Waals surface area (Å²) in [4.78, 5) is 22.4. The van der Waals surface area contributed by atoms with Crippen LogP contribution in [0.5, 0.6) is 0 Å². The van der Waals surface area contributed by atoms with E-state index in [1.165, 1.54) is 0 Å². The van der Waals surface area contributed by atoms with Gasteiger partial charge in [-0.25, -0.2) is 0 Å². The Labute approximate surface area is 89.2 Å². The zero-order valence-corrected chi connectivity index (χ0v) is 9.17. The highest BCUT2D eigenvalue weighted by Gasteiger charge is 2.45. The molecular weight excluding hydrogens is 196 g/mol. The van der Waals surface area contributed by atoms with Gasteiger partial charge in [0.25, 0.3) is 0 Å². The van der Waals surface area contributed by atoms with Crippen LogP contribution in [0.2, 0.25) is 0 Å². The molecule has 0 saturated heterocycles. The minimum Gasteiger partial charge on any atom is -0.480 e. The second kappa shape index (κ2) is 4.61. The first-order chi connectivity index (χ1) is 7.02. The quantitative estimate of drug-likeness (QED) is 0.607. The maximum Gasteiger partial charge on any atom is 0.323 e. The van der Waals surface area contributed by atoms with E-state index < -0.39 is 17.6 Å². The van der Waals surface area contributed by atoms with E-state index in [2.05, 4.69) is 10.6 Å². The van der Waals surface area contributed by atoms with Crippen molar-refractivity contribution in [2.24, 2.45) is 0 Å². The molecule has 3 N–H and O–H groups in total. The van der Waals surface area contributed by atoms with Crippen molar-refractivity contribution in [2.75, 3.05) is 6.54 Å². The van der Waals surface area contributed by atoms with E-state index in [1.807, 2.05) is 6.92 Å². The molecule has 0 bridgehead atoms. The summed E-state index contributed by atoms with van der Waals surface area (Å²) in [7, 11) is 0. The second-order valence-corrected chi connectivity index (χ2v) is 4.00. The average Bonchev–Trinajstić information content (AvgIpc) is 2.10. The third-order valence-corrected chi connectivity index (χ3v) is 2.85. The Kier molecular flexibility index (Phi) is 3.68. The van der Waals surface area contributed by atoms with Crippen molar-refractivity contribution in [1.29, 1.82) is 0 Å². The molecule has 1 aliphatic rings. The van der Waals surface area contributed by atoms with Gasteiger partial charge in [-0.3, -0.25) is 14.9 Å². The summed E-state index contributed by atoms with van der Waals surface area (Å²) >= 11 is 0. The van der Waals surface area contributed by atoms with Crippen molar-refractivity contribution in [3.63, 3.8) is 0 Å². The van der Waals surface area contributed by atoms with Crippen LogP contribution in [0, 0.1) is 0 Å². The molecule has 1 amide bonds. The van der Waals surface area contributed by atoms with E-state index in [1.54, 1.807) is 6.92 Å². The van der Waals surface area contributed by atoms with Gasteiger partial charge in [0.05, 0.1) is 6.04 Å². The molecule has 5 heteroatoms. The van der Waals surface area contributed by atoms with Gasteiger partial charge in [0, 0.05) is 6.54 Å². The summed E-state index contributed by atoms with van der Waals surface area (Å²) in [6.07, 6.45) is 2.11. The number of amides is 1. The van der Waals surface area contributed by atoms with Gasteiger partial charge in [0.1, 0.15) is 5.54 Å². The number of aliphatic carboxylic acids is 1. The highest BCUT2D eigenvalue weighted by atomic mass is 16.4. The number of rotatable bonds is 5. The SMILES string of the molecule is CCNC(=O)C(C)NC1(C(=O)O)CCC1. The Balaban J connectivity index is 2.52. The molecule has 0 aromatic rings. The Morgan fingerprint density at radius 3 is 2.40 bits per heavy atom. The van der Waals surface area contributed by atoms with E-state index in [4.69, 9.17) is 5.11 Å². The minimum atomic E-state index is -0.871. The van der Waals surface area contributed by atoms with Gasteiger partial charge in [-0.15, -0.1) is 0 Å². The lowest BCUT2D eigenvalue weighted by molar-refractivity contribution is -0.149. The van der Waals surface area contributed by atoms with Crippen LogP contribution in [-0.2, 0) is 9.59 Å². The molecule has 1 aliphatic carbocycles. The van der Waals surface area contributed by atoms with Crippen molar-refractivity contribution in [2.45, 2.75) is 44.7 Å². The van der Waals surface area contributed by atoms with Crippen LogP contribution in [0.4, 0.5) is 0 Å². The van der Waals surface area contributed by atoms with Gasteiger partial charge in [-0.1, -0.05) is 0 Å². The molecule has 1 rings (SSSR count). The summed E-state index contributed by atoms with van der Waals surface area (Å²) < 4.78 is 0. The predicted molar refractivity (Wildman–Crippen MR) is 55.5 cm³/mol. The summed E-state index contributed by atoms with van der Waals surface area (Å²) in [5.41, 5.74) is -0.871. The zero-order valence-electron chi connectivity index (χ0n) is 9.17. The van der Waals surface area contributed by atoms with Gasteiger partial charge < -0.3 is 10.4 Å². The van der Waals surface area contributed by atoms with Crippen LogP contribution in [0.1, 0.15) is 33.1 Å². The highest BCUT2D eigenvalue weighted by Crippen LogP contribution is 2.32. The molecule has 0 radical (unpaired) electrons. The first kappa shape index (κ1) is 12.0. The van der Waals surface area contributed by atoms with Gasteiger partial charge in [-0.05, 0) is 33.1 Å². The Morgan fingerprint density at radius 1 is 1.47 bits per heavy atom. The van der Waals surface area contributed by atoms with E-state index in [0.717, 1.165) is 6.42 Å². The van der Waals surface area contributed by atoms with Crippen molar-refractivity contribution in [3.05, 3.63) is 0 Å². The molecule has 0 aromatic heterocycles. The standard InChI is InChI=1S/C10H18N2O3/c1-3-11-8(13)7(2)12-10(9(14)15)5-4-6-10/h7,12H,3-6H2,1-2H3,(H,11,13)(H,14,15). The molecule has 1 saturated carbocycles. The number of hydrogen-bond donors (Lipinski definition) is 3. The topological polar surface area (TPSA) is 78.4 Å². The van der Waals surface area contributed by atoms with E-state index in [0.29, 0.717) is 19.4 Å². The van der Waals surface area contributed by atoms with Crippen LogP contribution in [0.3, 0.4) is 0 Å². The fraction of sp³-hybridized carbons (Fsp3) is 0.800. The summed E-state index contributed by atoms with van der Waals surface area (Å²) in [5, 5.41) is 14.6. The van der Waals surface area contributed by atoms with Crippen molar-refractivity contribution < 1.29 is 14.7 Å². The largest absolute Gasteiger partial charge is 0.480 e. The summed E-state index contributed by atoms with van der Waals surface area (Å²) in [5.74, 6) is -1.00. The van der Waals surface area contributed by atoms with E-state index >= 15 is 0 Å². The molecular formula is C10H18N2O3. The van der Waals surface area contributed by atoms with Gasteiger partial charge in [0.15, 0.2) is 0 Å². The molecule has 5 nitrogen and oxygen atoms in total. The third-order valence-electron chi connectivity index (χ3n) is 2.85. The Bertz CT molecular complexity index is 261. The molecule has 1 atom stereocenters. The second-order valence-electron chi connectivity index (χ2n) is 4.00. The fourth-order valence-electron chi connectivity index (χ4n) is 1.76. The first-order valence-electron chi connectivity index (χ1n) is 5.30. The molecule has 1 fully saturated rings. The van der Waals surface area contributed by atoms with Crippen molar-refractivity contribution in [1.82, 2.24) is 10.6 Å². The van der Waals surface area contributed by atoms with Gasteiger partial charge >= 0.3 is 5.97 Å². The lowest BCUT2D eigenvalue weighted by atomic mass is 9.76. The highest BCUT2D eigenvalue weighted by molar-refractivity contribution is 5.84.